The minimum absolute atomic E-state index is 0. The third-order valence-corrected chi connectivity index (χ3v) is 0. The van der Waals surface area contributed by atoms with Gasteiger partial charge in [-0.3, -0.25) is 0 Å². The first kappa shape index (κ1) is 36.0. The van der Waals surface area contributed by atoms with E-state index in [0.717, 1.165) is 0 Å². The van der Waals surface area contributed by atoms with Crippen LogP contribution < -0.4 is 41.9 Å². The largest absolute Gasteiger partial charge is 0.357 e. The minimum atomic E-state index is -2.85. The smallest absolute Gasteiger partial charge is 0.0903 e. The molecule has 15 heavy (non-hydrogen) atoms. The van der Waals surface area contributed by atoms with Crippen LogP contribution in [0.2, 0.25) is 0 Å². The molecule has 0 bridgehead atoms. The molecule has 0 saturated heterocycles. The van der Waals surface area contributed by atoms with Crippen LogP contribution in [0.4, 0.5) is 0 Å². The van der Waals surface area contributed by atoms with Crippen molar-refractivity contribution in [2.45, 2.75) is 0 Å². The molecule has 0 aliphatic rings. The fourth-order valence-corrected chi connectivity index (χ4v) is 0. The van der Waals surface area contributed by atoms with Crippen molar-refractivity contribution in [1.29, 1.82) is 0 Å². The maximum Gasteiger partial charge on any atom is 0.0903 e. The predicted octanol–water partition coefficient (Wildman–Crippen LogP) is -12.3. The van der Waals surface area contributed by atoms with Crippen LogP contribution in [-0.2, 0) is 0 Å². The Kier molecular flexibility index (Phi) is 70.8. The first-order valence-corrected chi connectivity index (χ1v) is 4.17. The highest BCUT2D eigenvalue weighted by Gasteiger charge is 1.61. The van der Waals surface area contributed by atoms with Gasteiger partial charge in [0.05, 0.1) is 69.6 Å². The molecule has 0 aromatic rings. The van der Waals surface area contributed by atoms with Crippen molar-refractivity contribution in [2.24, 2.45) is 0 Å². The van der Waals surface area contributed by atoms with Crippen LogP contribution in [0.5, 0.6) is 0 Å². The first-order valence-electron chi connectivity index (χ1n) is 1.39. The zero-order valence-electron chi connectivity index (χ0n) is 6.15. The molecule has 0 aromatic carbocycles. The average molecular weight is 363 g/mol. The summed E-state index contributed by atoms with van der Waals surface area (Å²) in [5.74, 6) is 0. The average Bonchev–Trinajstić information content (AvgIpc) is 1.54. The maximum atomic E-state index is 8.41. The van der Waals surface area contributed by atoms with Gasteiger partial charge in [0.2, 0.25) is 0 Å². The maximum absolute atomic E-state index is 8.41. The molecule has 0 N–H and O–H groups in total. The number of hydrogen-bond donors (Lipinski definition) is 0. The molecule has 0 aliphatic carbocycles. The van der Waals surface area contributed by atoms with Gasteiger partial charge in [-0.15, -0.1) is 0 Å². The zero-order valence-corrected chi connectivity index (χ0v) is 11.1. The molecule has 0 heterocycles. The summed E-state index contributed by atoms with van der Waals surface area (Å²) in [4.78, 5) is 0. The Morgan fingerprint density at radius 1 is 0.333 bits per heavy atom. The number of halogens is 6. The summed E-state index contributed by atoms with van der Waals surface area (Å²) in [6.45, 7) is 0. The Labute approximate surface area is 111 Å². The van der Waals surface area contributed by atoms with E-state index in [-0.39, 0.29) is 37.2 Å². The first-order chi connectivity index (χ1) is 5.20. The molecular weight excluding hydrogens is 357 g/mol. The Balaban J connectivity index is -0.0000000184. The lowest BCUT2D eigenvalue weighted by atomic mass is 15.8. The molecule has 0 rings (SSSR count). The van der Waals surface area contributed by atoms with Gasteiger partial charge in [-0.2, -0.15) is 0 Å². The molecule has 0 amide bonds. The summed E-state index contributed by atoms with van der Waals surface area (Å²) in [6.07, 6.45) is 0. The third kappa shape index (κ3) is 1450. The lowest BCUT2D eigenvalue weighted by molar-refractivity contribution is -1.73. The Morgan fingerprint density at radius 2 is 0.333 bits per heavy atom. The van der Waals surface area contributed by atoms with Crippen molar-refractivity contribution in [3.8, 4) is 0 Å². The second-order valence-corrected chi connectivity index (χ2v) is 1.70. The second-order valence-electron chi connectivity index (χ2n) is 0.567. The van der Waals surface area contributed by atoms with E-state index in [1.165, 1.54) is 0 Å². The third-order valence-electron chi connectivity index (χ3n) is 0. The summed E-state index contributed by atoms with van der Waals surface area (Å²) in [6, 6.07) is 0. The molecule has 0 unspecified atom stereocenters. The van der Waals surface area contributed by atoms with E-state index in [1.807, 2.05) is 0 Å². The van der Waals surface area contributed by atoms with E-state index in [2.05, 4.69) is 0 Å². The molecular formula is H6Cl6O9. The number of hydrogen-bond acceptors (Lipinski definition) is 9. The van der Waals surface area contributed by atoms with Crippen LogP contribution in [0.25, 0.3) is 0 Å². The molecule has 0 spiro atoms. The van der Waals surface area contributed by atoms with E-state index in [9.17, 15) is 0 Å². The van der Waals surface area contributed by atoms with Crippen molar-refractivity contribution in [3.05, 3.63) is 0 Å². The predicted molar refractivity (Wildman–Crippen MR) is 8.37 cm³/mol. The second kappa shape index (κ2) is 29.5. The van der Waals surface area contributed by atoms with Crippen molar-refractivity contribution in [1.82, 2.24) is 0 Å². The van der Waals surface area contributed by atoms with Crippen molar-refractivity contribution in [2.75, 3.05) is 0 Å². The summed E-state index contributed by atoms with van der Waals surface area (Å²) in [5, 5.41) is 0. The van der Waals surface area contributed by atoms with Crippen LogP contribution in [0.1, 0.15) is 0 Å². The van der Waals surface area contributed by atoms with Gasteiger partial charge >= 0.3 is 0 Å². The summed E-state index contributed by atoms with van der Waals surface area (Å²) < 4.78 is 75.7. The Morgan fingerprint density at radius 3 is 0.333 bits per heavy atom. The summed E-state index contributed by atoms with van der Waals surface area (Å²) in [7, 11) is -8.56. The Hall–Kier alpha value is 1.38. The lowest BCUT2D eigenvalue weighted by Gasteiger charge is -1.89. The molecule has 0 atom stereocenters. The normalized spacial score (nSPS) is 7.20. The van der Waals surface area contributed by atoms with Gasteiger partial charge in [-0.1, -0.05) is 0 Å². The van der Waals surface area contributed by atoms with Crippen LogP contribution >= 0.6 is 0 Å². The van der Waals surface area contributed by atoms with E-state index in [1.54, 1.807) is 0 Å². The van der Waals surface area contributed by atoms with Crippen LogP contribution in [0.15, 0.2) is 0 Å². The molecule has 102 valence electrons. The van der Waals surface area contributed by atoms with Crippen molar-refractivity contribution in [3.63, 3.8) is 0 Å². The van der Waals surface area contributed by atoms with E-state index in [4.69, 9.17) is 41.9 Å². The van der Waals surface area contributed by atoms with E-state index >= 15 is 0 Å². The standard InChI is InChI=1S/3ClO3.3ClH2/c3*2-1(3)4;;;/h;;;3*1H2/q3*-1;3*+1. The molecule has 0 fully saturated rings. The van der Waals surface area contributed by atoms with Crippen LogP contribution in [0.3, 0.4) is 0 Å². The highest BCUT2D eigenvalue weighted by atomic mass is 35.6. The van der Waals surface area contributed by atoms with Crippen molar-refractivity contribution < 1.29 is 112 Å². The molecule has 0 saturated carbocycles. The lowest BCUT2D eigenvalue weighted by Crippen LogP contribution is -2.43. The minimum Gasteiger partial charge on any atom is -0.357 e. The fraction of sp³-hybridized carbons (Fsp3) is 0. The monoisotopic (exact) mass is 360 g/mol. The van der Waals surface area contributed by atoms with Gasteiger partial charge in [0.1, 0.15) is 0 Å². The topological polar surface area (TPSA) is 208 Å². The highest BCUT2D eigenvalue weighted by Crippen LogP contribution is 1.24. The van der Waals surface area contributed by atoms with E-state index in [0.29, 0.717) is 0 Å². The molecule has 9 nitrogen and oxygen atoms in total. The molecule has 0 aliphatic heterocycles. The van der Waals surface area contributed by atoms with Gasteiger partial charge < -0.3 is 41.9 Å². The van der Waals surface area contributed by atoms with Crippen LogP contribution in [-0.4, -0.2) is 0 Å². The zero-order chi connectivity index (χ0) is 10.7. The summed E-state index contributed by atoms with van der Waals surface area (Å²) in [5.41, 5.74) is 0. The molecule has 15 heteroatoms. The van der Waals surface area contributed by atoms with Crippen molar-refractivity contribution >= 4 is 0 Å². The highest BCUT2D eigenvalue weighted by molar-refractivity contribution is 1.74. The molecule has 0 aromatic heterocycles. The fourth-order valence-electron chi connectivity index (χ4n) is 0. The van der Waals surface area contributed by atoms with Crippen LogP contribution in [0, 0.1) is 69.6 Å². The van der Waals surface area contributed by atoms with Gasteiger partial charge in [0.25, 0.3) is 0 Å². The quantitative estimate of drug-likeness (QED) is 0.399. The van der Waals surface area contributed by atoms with Gasteiger partial charge in [0.15, 0.2) is 0 Å². The molecule has 0 radical (unpaired) electrons. The Bertz CT molecular complexity index is 43.1. The van der Waals surface area contributed by atoms with Gasteiger partial charge in [-0.25, -0.2) is 0 Å². The van der Waals surface area contributed by atoms with E-state index < -0.39 is 32.4 Å². The van der Waals surface area contributed by atoms with Gasteiger partial charge in [0, 0.05) is 0 Å². The van der Waals surface area contributed by atoms with Gasteiger partial charge in [-0.05, 0) is 0 Å². The number of rotatable bonds is 0. The summed E-state index contributed by atoms with van der Waals surface area (Å²) >= 11 is 0. The SMILES string of the molecule is [ClH2+].[ClH2+].[ClH2+].[O-][Cl+2]([O-])[O-].[O-][Cl+2]([O-])[O-].[O-][Cl+2]([O-])[O-].